The van der Waals surface area contributed by atoms with Crippen LogP contribution < -0.4 is 0 Å². The van der Waals surface area contributed by atoms with E-state index >= 15 is 0 Å². The van der Waals surface area contributed by atoms with Crippen LogP contribution in [0.15, 0.2) is 0 Å². The van der Waals surface area contributed by atoms with E-state index in [9.17, 15) is 9.59 Å². The second-order valence-electron chi connectivity index (χ2n) is 10.2. The minimum absolute atomic E-state index is 0.337. The van der Waals surface area contributed by atoms with Crippen molar-refractivity contribution in [1.82, 2.24) is 0 Å². The first-order chi connectivity index (χ1) is 16.7. The Morgan fingerprint density at radius 1 is 0.353 bits per heavy atom. The Balaban J connectivity index is 3.29. The molecule has 0 aliphatic rings. The number of hydrogen-bond acceptors (Lipinski definition) is 4. The maximum absolute atomic E-state index is 11.7. The van der Waals surface area contributed by atoms with Crippen LogP contribution in [-0.4, -0.2) is 11.9 Å². The van der Waals surface area contributed by atoms with E-state index in [0.29, 0.717) is 12.8 Å². The molecule has 0 saturated heterocycles. The zero-order chi connectivity index (χ0) is 25.0. The molecule has 0 unspecified atom stereocenters. The summed E-state index contributed by atoms with van der Waals surface area (Å²) in [6.45, 7) is 4.51. The minimum Gasteiger partial charge on any atom is -0.247 e. The Bertz CT molecular complexity index is 396. The third kappa shape index (κ3) is 27.2. The predicted octanol–water partition coefficient (Wildman–Crippen LogP) is 10.2. The van der Waals surface area contributed by atoms with Gasteiger partial charge in [0.2, 0.25) is 0 Å². The molecule has 0 atom stereocenters. The van der Waals surface area contributed by atoms with E-state index in [1.807, 2.05) is 0 Å². The summed E-state index contributed by atoms with van der Waals surface area (Å²) in [4.78, 5) is 32.8. The van der Waals surface area contributed by atoms with E-state index in [0.717, 1.165) is 25.7 Å². The molecule has 0 aromatic heterocycles. The molecule has 0 aromatic carbocycles. The highest BCUT2D eigenvalue weighted by Crippen LogP contribution is 2.14. The number of rotatable bonds is 26. The Hall–Kier alpha value is -1.06. The Morgan fingerprint density at radius 2 is 0.559 bits per heavy atom. The van der Waals surface area contributed by atoms with Crippen molar-refractivity contribution in [2.75, 3.05) is 0 Å². The topological polar surface area (TPSA) is 52.6 Å². The van der Waals surface area contributed by atoms with Crippen molar-refractivity contribution in [3.63, 3.8) is 0 Å². The summed E-state index contributed by atoms with van der Waals surface area (Å²) in [5, 5.41) is 0. The quantitative estimate of drug-likeness (QED) is 0.0699. The monoisotopic (exact) mass is 482 g/mol. The smallest absolute Gasteiger partial charge is 0.247 e. The summed E-state index contributed by atoms with van der Waals surface area (Å²) in [5.74, 6) is -0.842. The predicted molar refractivity (Wildman–Crippen MR) is 144 cm³/mol. The summed E-state index contributed by atoms with van der Waals surface area (Å²) < 4.78 is 0. The first-order valence-corrected chi connectivity index (χ1v) is 15.1. The molecule has 0 aromatic rings. The van der Waals surface area contributed by atoms with Crippen LogP contribution in [0.2, 0.25) is 0 Å². The van der Waals surface area contributed by atoms with Gasteiger partial charge in [-0.2, -0.15) is 0 Å². The highest BCUT2D eigenvalue weighted by molar-refractivity contribution is 5.72. The van der Waals surface area contributed by atoms with Gasteiger partial charge in [-0.05, 0) is 12.8 Å². The van der Waals surface area contributed by atoms with E-state index in [4.69, 9.17) is 0 Å². The van der Waals surface area contributed by atoms with Crippen LogP contribution in [0.3, 0.4) is 0 Å². The Morgan fingerprint density at radius 3 is 0.794 bits per heavy atom. The molecule has 4 heteroatoms. The van der Waals surface area contributed by atoms with Crippen molar-refractivity contribution < 1.29 is 19.4 Å². The Kier molecular flexibility index (Phi) is 27.3. The van der Waals surface area contributed by atoms with E-state index in [1.165, 1.54) is 128 Å². The van der Waals surface area contributed by atoms with Gasteiger partial charge in [0, 0.05) is 0 Å². The molecule has 0 fully saturated rings. The third-order valence-corrected chi connectivity index (χ3v) is 6.70. The van der Waals surface area contributed by atoms with Gasteiger partial charge in [0.1, 0.15) is 0 Å². The third-order valence-electron chi connectivity index (χ3n) is 6.70. The standard InChI is InChI=1S/C30H58O4/c1-3-5-7-9-11-13-15-17-19-21-23-25-27-29(31)33-34-30(32)28-26-24-22-20-18-16-14-12-10-8-6-4-2/h3-28H2,1-2H3. The SMILES string of the molecule is CCCCCCCCCCCCCCC(=O)OOC(=O)CCCCCCCCCCCCCC. The molecule has 0 saturated carbocycles. The second kappa shape index (κ2) is 28.2. The molecular weight excluding hydrogens is 424 g/mol. The van der Waals surface area contributed by atoms with E-state index < -0.39 is 11.9 Å². The van der Waals surface area contributed by atoms with Gasteiger partial charge >= 0.3 is 11.9 Å². The largest absolute Gasteiger partial charge is 0.355 e. The second-order valence-corrected chi connectivity index (χ2v) is 10.2. The average molecular weight is 483 g/mol. The van der Waals surface area contributed by atoms with Crippen molar-refractivity contribution in [3.05, 3.63) is 0 Å². The van der Waals surface area contributed by atoms with Crippen LogP contribution in [0.25, 0.3) is 0 Å². The molecule has 0 N–H and O–H groups in total. The minimum atomic E-state index is -0.421. The van der Waals surface area contributed by atoms with Gasteiger partial charge in [-0.15, -0.1) is 0 Å². The molecular formula is C30H58O4. The van der Waals surface area contributed by atoms with Crippen molar-refractivity contribution in [3.8, 4) is 0 Å². The van der Waals surface area contributed by atoms with E-state index in [1.54, 1.807) is 0 Å². The highest BCUT2D eigenvalue weighted by Gasteiger charge is 2.09. The summed E-state index contributed by atoms with van der Waals surface area (Å²) in [6, 6.07) is 0. The average Bonchev–Trinajstić information content (AvgIpc) is 2.84. The van der Waals surface area contributed by atoms with Gasteiger partial charge in [-0.25, -0.2) is 19.4 Å². The molecule has 0 heterocycles. The normalized spacial score (nSPS) is 11.0. The summed E-state index contributed by atoms with van der Waals surface area (Å²) in [6.07, 6.45) is 30.9. The van der Waals surface area contributed by atoms with Gasteiger partial charge in [-0.3, -0.25) is 0 Å². The molecule has 0 rings (SSSR count). The summed E-state index contributed by atoms with van der Waals surface area (Å²) >= 11 is 0. The first kappa shape index (κ1) is 32.9. The lowest BCUT2D eigenvalue weighted by Gasteiger charge is -2.05. The highest BCUT2D eigenvalue weighted by atomic mass is 17.2. The maximum Gasteiger partial charge on any atom is 0.355 e. The lowest BCUT2D eigenvalue weighted by atomic mass is 10.0. The van der Waals surface area contributed by atoms with E-state index in [-0.39, 0.29) is 0 Å². The number of carbonyl (C=O) groups excluding carboxylic acids is 2. The van der Waals surface area contributed by atoms with Crippen LogP contribution in [0, 0.1) is 0 Å². The molecule has 0 aliphatic heterocycles. The molecule has 0 radical (unpaired) electrons. The lowest BCUT2D eigenvalue weighted by Crippen LogP contribution is -2.11. The van der Waals surface area contributed by atoms with Crippen LogP contribution in [0.4, 0.5) is 0 Å². The summed E-state index contributed by atoms with van der Waals surface area (Å²) in [7, 11) is 0. The Labute approximate surface area is 212 Å². The van der Waals surface area contributed by atoms with Crippen LogP contribution in [0.1, 0.15) is 181 Å². The molecule has 4 nitrogen and oxygen atoms in total. The van der Waals surface area contributed by atoms with Gasteiger partial charge in [0.25, 0.3) is 0 Å². The van der Waals surface area contributed by atoms with Crippen molar-refractivity contribution in [2.24, 2.45) is 0 Å². The summed E-state index contributed by atoms with van der Waals surface area (Å²) in [5.41, 5.74) is 0. The van der Waals surface area contributed by atoms with Crippen molar-refractivity contribution in [2.45, 2.75) is 181 Å². The fourth-order valence-electron chi connectivity index (χ4n) is 4.40. The molecule has 0 bridgehead atoms. The maximum atomic E-state index is 11.7. The van der Waals surface area contributed by atoms with Crippen LogP contribution in [-0.2, 0) is 19.4 Å². The lowest BCUT2D eigenvalue weighted by molar-refractivity contribution is -0.259. The number of hydrogen-bond donors (Lipinski definition) is 0. The molecule has 34 heavy (non-hydrogen) atoms. The molecule has 0 amide bonds. The van der Waals surface area contributed by atoms with Crippen LogP contribution >= 0.6 is 0 Å². The zero-order valence-electron chi connectivity index (χ0n) is 23.0. The van der Waals surface area contributed by atoms with Gasteiger partial charge in [-0.1, -0.05) is 155 Å². The van der Waals surface area contributed by atoms with Gasteiger partial charge in [0.05, 0.1) is 12.8 Å². The van der Waals surface area contributed by atoms with Gasteiger partial charge < -0.3 is 0 Å². The molecule has 0 spiro atoms. The fraction of sp³-hybridized carbons (Fsp3) is 0.933. The fourth-order valence-corrected chi connectivity index (χ4v) is 4.40. The first-order valence-electron chi connectivity index (χ1n) is 15.1. The number of carbonyl (C=O) groups is 2. The number of unbranched alkanes of at least 4 members (excludes halogenated alkanes) is 22. The van der Waals surface area contributed by atoms with Gasteiger partial charge in [0.15, 0.2) is 0 Å². The van der Waals surface area contributed by atoms with E-state index in [2.05, 4.69) is 23.6 Å². The van der Waals surface area contributed by atoms with Crippen molar-refractivity contribution >= 4 is 11.9 Å². The molecule has 0 aliphatic carbocycles. The zero-order valence-corrected chi connectivity index (χ0v) is 23.0. The van der Waals surface area contributed by atoms with Crippen LogP contribution in [0.5, 0.6) is 0 Å². The molecule has 202 valence electrons. The van der Waals surface area contributed by atoms with Crippen molar-refractivity contribution in [1.29, 1.82) is 0 Å².